The van der Waals surface area contributed by atoms with Crippen molar-refractivity contribution < 1.29 is 63.8 Å². The average Bonchev–Trinajstić information content (AvgIpc) is 0.730. The summed E-state index contributed by atoms with van der Waals surface area (Å²) < 4.78 is 0. The zero-order valence-electron chi connectivity index (χ0n) is 85.1. The van der Waals surface area contributed by atoms with Crippen LogP contribution in [0, 0.1) is 111 Å². The van der Waals surface area contributed by atoms with Gasteiger partial charge in [0.05, 0.1) is 0 Å². The van der Waals surface area contributed by atoms with Gasteiger partial charge in [-0.1, -0.05) is 502 Å². The van der Waals surface area contributed by atoms with Gasteiger partial charge in [-0.3, -0.25) is 0 Å². The zero-order valence-corrected chi connectivity index (χ0v) is 93.7. The molecule has 0 aliphatic heterocycles. The second kappa shape index (κ2) is 49.8. The Kier molecular flexibility index (Phi) is 38.1. The van der Waals surface area contributed by atoms with E-state index in [2.05, 4.69) is 402 Å². The summed E-state index contributed by atoms with van der Waals surface area (Å²) >= 11 is 0. The number of halogens is 2. The summed E-state index contributed by atoms with van der Waals surface area (Å²) in [4.78, 5) is 0. The number of benzene rings is 20. The largest absolute Gasteiger partial charge is 2.00 e. The van der Waals surface area contributed by atoms with Crippen LogP contribution in [0.5, 0.6) is 0 Å². The van der Waals surface area contributed by atoms with E-state index in [4.69, 9.17) is 22.9 Å². The van der Waals surface area contributed by atoms with Gasteiger partial charge in [-0.25, -0.2) is 0 Å². The summed E-state index contributed by atoms with van der Waals surface area (Å²) in [5, 5.41) is 27.2. The third-order valence-electron chi connectivity index (χ3n) is 26.3. The van der Waals surface area contributed by atoms with E-state index in [0.717, 1.165) is 22.3 Å². The maximum Gasteiger partial charge on any atom is 2.00 e. The maximum atomic E-state index is 6.15. The Hall–Kier alpha value is -11.2. The van der Waals surface area contributed by atoms with Crippen molar-refractivity contribution in [2.24, 2.45) is 22.9 Å². The second-order valence-electron chi connectivity index (χ2n) is 38.6. The number of aryl methyl sites for hydroxylation is 16. The molecule has 0 bridgehead atoms. The Balaban J connectivity index is 0.000000181. The molecule has 0 aliphatic rings. The minimum atomic E-state index is -0.937. The van der Waals surface area contributed by atoms with Crippen molar-refractivity contribution in [2.75, 3.05) is 0 Å². The molecule has 0 saturated heterocycles. The van der Waals surface area contributed by atoms with E-state index in [1.807, 2.05) is 121 Å². The van der Waals surface area contributed by atoms with Crippen molar-refractivity contribution in [3.8, 4) is 22.3 Å². The predicted molar refractivity (Wildman–Crippen MR) is 618 cm³/mol. The summed E-state index contributed by atoms with van der Waals surface area (Å²) in [6, 6.07) is 152. The van der Waals surface area contributed by atoms with Crippen molar-refractivity contribution in [1.82, 2.24) is 0 Å². The minimum Gasteiger partial charge on any atom is -1.00 e. The van der Waals surface area contributed by atoms with Crippen molar-refractivity contribution >= 4 is 138 Å². The van der Waals surface area contributed by atoms with E-state index in [1.165, 1.54) is 218 Å². The van der Waals surface area contributed by atoms with Gasteiger partial charge < -0.3 is 47.7 Å². The van der Waals surface area contributed by atoms with Gasteiger partial charge in [-0.05, 0) is 294 Å². The first-order chi connectivity index (χ1) is 67.6. The summed E-state index contributed by atoms with van der Waals surface area (Å²) in [5.41, 5.74) is 55.3. The molecule has 0 aromatic heterocycles. The fourth-order valence-corrected chi connectivity index (χ4v) is 32.2. The van der Waals surface area contributed by atoms with E-state index in [9.17, 15) is 0 Å². The first kappa shape index (κ1) is 110. The monoisotopic (exact) mass is 2170 g/mol. The van der Waals surface area contributed by atoms with Gasteiger partial charge in [-0.15, -0.1) is 0 Å². The standard InChI is InChI=1S/2C52H48P2.2C14H16N2.2ClH.2Ru/c2*1-33-21-34(2)26-43(25-33)53(44-27-35(3)22-36(4)28-44)49-19-17-41-13-9-11-15-47(41)51(49)52-48-16-12-10-14-42(48)18-20-50(52)54(45-29-37(5)23-38(6)30-45)46-31-39(7)24-40(8)32-46;2*15-13(11-7-3-1-4-8-11)14(16)12-9-5-2-6-10-12;;;;/h2*9-32H,1-8H3;2*1-10,13-14H,15-16H2;2*1H;;/q;;;;;;2*+2/p-2/t;;2*13-,14-;;;;/m..11..../s1. The van der Waals surface area contributed by atoms with Crippen LogP contribution in [0.2, 0.25) is 0 Å². The van der Waals surface area contributed by atoms with Crippen LogP contribution < -0.4 is 111 Å². The number of hydrogen-bond donors (Lipinski definition) is 4. The Morgan fingerprint density at radius 3 is 0.417 bits per heavy atom. The van der Waals surface area contributed by atoms with E-state index in [0.29, 0.717) is 0 Å². The van der Waals surface area contributed by atoms with Crippen LogP contribution in [-0.4, -0.2) is 0 Å². The molecule has 144 heavy (non-hydrogen) atoms. The van der Waals surface area contributed by atoms with Crippen LogP contribution >= 0.6 is 31.7 Å². The Labute approximate surface area is 898 Å². The zero-order chi connectivity index (χ0) is 98.1. The van der Waals surface area contributed by atoms with E-state index in [1.54, 1.807) is 0 Å². The average molecular weight is 2170 g/mol. The van der Waals surface area contributed by atoms with Crippen LogP contribution in [0.4, 0.5) is 0 Å². The van der Waals surface area contributed by atoms with Gasteiger partial charge in [0.2, 0.25) is 0 Å². The van der Waals surface area contributed by atoms with E-state index < -0.39 is 31.7 Å². The molecule has 0 aliphatic carbocycles. The molecule has 0 heterocycles. The molecule has 0 fully saturated rings. The van der Waals surface area contributed by atoms with Gasteiger partial charge in [-0.2, -0.15) is 0 Å². The summed E-state index contributed by atoms with van der Waals surface area (Å²) in [6.07, 6.45) is 0. The Bertz CT molecular complexity index is 6600. The number of nitrogens with two attached hydrogens (primary N) is 4. The molecule has 4 atom stereocenters. The topological polar surface area (TPSA) is 104 Å². The SMILES string of the molecule is Cc1cc(C)cc(P(c2cc(C)cc(C)c2)c2ccc3ccccc3c2-c2c(P(c3cc(C)cc(C)c3)c3cc(C)cc(C)c3)ccc3ccccc23)c1.Cc1cc(C)cc(P(c2cc(C)cc(C)c2)c2ccc3ccccc3c2-c2c(P(c3cc(C)cc(C)c3)c3cc(C)cc(C)c3)ccc3ccccc23)c1.N[C@H](c1ccccc1)[C@H](N)c1ccccc1.N[C@H](c1ccccc1)[C@H](N)c1ccccc1.[Cl-].[Cl-].[Ru+2].[Ru+2]. The molecule has 0 amide bonds. The van der Waals surface area contributed by atoms with E-state index in [-0.39, 0.29) is 87.9 Å². The molecule has 12 heteroatoms. The van der Waals surface area contributed by atoms with Crippen molar-refractivity contribution in [3.05, 3.63) is 524 Å². The number of rotatable bonds is 20. The maximum absolute atomic E-state index is 6.15. The van der Waals surface area contributed by atoms with Crippen molar-refractivity contribution in [2.45, 2.75) is 135 Å². The summed E-state index contributed by atoms with van der Waals surface area (Å²) in [5.74, 6) is 0. The molecule has 4 nitrogen and oxygen atoms in total. The third kappa shape index (κ3) is 25.7. The van der Waals surface area contributed by atoms with Crippen molar-refractivity contribution in [3.63, 3.8) is 0 Å². The van der Waals surface area contributed by atoms with Gasteiger partial charge in [0.25, 0.3) is 0 Å². The first-order valence-corrected chi connectivity index (χ1v) is 54.2. The quantitative estimate of drug-likeness (QED) is 0.0451. The van der Waals surface area contributed by atoms with Crippen LogP contribution in [0.1, 0.15) is 135 Å². The second-order valence-corrected chi connectivity index (χ2v) is 47.3. The smallest absolute Gasteiger partial charge is 1.00 e. The summed E-state index contributed by atoms with van der Waals surface area (Å²) in [7, 11) is -3.75. The summed E-state index contributed by atoms with van der Waals surface area (Å²) in [6.45, 7) is 35.9. The van der Waals surface area contributed by atoms with Gasteiger partial charge in [0.15, 0.2) is 0 Å². The molecule has 0 spiro atoms. The molecule has 0 radical (unpaired) electrons. The molecule has 20 aromatic rings. The van der Waals surface area contributed by atoms with E-state index >= 15 is 0 Å². The molecule has 20 rings (SSSR count). The molecular weight excluding hydrogens is 2040 g/mol. The fourth-order valence-electron chi connectivity index (χ4n) is 20.7. The van der Waals surface area contributed by atoms with Crippen LogP contribution in [-0.2, 0) is 39.0 Å². The third-order valence-corrected chi connectivity index (χ3v) is 35.9. The van der Waals surface area contributed by atoms with Crippen molar-refractivity contribution in [1.29, 1.82) is 0 Å². The first-order valence-electron chi connectivity index (χ1n) is 48.8. The van der Waals surface area contributed by atoms with Crippen LogP contribution in [0.25, 0.3) is 65.3 Å². The predicted octanol–water partition coefficient (Wildman–Crippen LogP) is 22.1. The fraction of sp³-hybridized carbons (Fsp3) is 0.152. The molecular formula is C132H128Cl2N4P4Ru2+2. The Morgan fingerprint density at radius 1 is 0.153 bits per heavy atom. The molecule has 724 valence electrons. The van der Waals surface area contributed by atoms with Gasteiger partial charge >= 0.3 is 39.0 Å². The number of hydrogen-bond acceptors (Lipinski definition) is 4. The molecule has 0 unspecified atom stereocenters. The molecule has 0 saturated carbocycles. The Morgan fingerprint density at radius 2 is 0.278 bits per heavy atom. The van der Waals surface area contributed by atoms with Gasteiger partial charge in [0.1, 0.15) is 0 Å². The molecule has 8 N–H and O–H groups in total. The normalized spacial score (nSPS) is 11.9. The van der Waals surface area contributed by atoms with Gasteiger partial charge in [0, 0.05) is 24.2 Å². The van der Waals surface area contributed by atoms with Crippen LogP contribution in [0.3, 0.4) is 0 Å². The van der Waals surface area contributed by atoms with Crippen LogP contribution in [0.15, 0.2) is 413 Å². The number of fused-ring (bicyclic) bond motifs is 4. The minimum absolute atomic E-state index is 0. The molecule has 20 aromatic carbocycles.